The summed E-state index contributed by atoms with van der Waals surface area (Å²) in [5.41, 5.74) is 2.22. The third kappa shape index (κ3) is 4.18. The third-order valence-corrected chi connectivity index (χ3v) is 3.58. The Morgan fingerprint density at radius 2 is 1.91 bits per heavy atom. The molecule has 0 saturated heterocycles. The molecular weight excluding hydrogens is 346 g/mol. The average Bonchev–Trinajstić information content (AvgIpc) is 2.51. The number of benzene rings is 2. The summed E-state index contributed by atoms with van der Waals surface area (Å²) >= 11 is 3.29. The maximum atomic E-state index is 12.1. The lowest BCUT2D eigenvalue weighted by Crippen LogP contribution is -2.30. The lowest BCUT2D eigenvalue weighted by molar-refractivity contribution is -0.122. The number of hydrogen-bond donors (Lipinski definition) is 1. The minimum atomic E-state index is -0.721. The van der Waals surface area contributed by atoms with Crippen molar-refractivity contribution in [3.05, 3.63) is 58.1 Å². The highest BCUT2D eigenvalue weighted by Gasteiger charge is 2.16. The number of halogens is 1. The zero-order chi connectivity index (χ0) is 16.1. The van der Waals surface area contributed by atoms with Gasteiger partial charge in [0.05, 0.1) is 5.56 Å². The summed E-state index contributed by atoms with van der Waals surface area (Å²) in [6.45, 7) is 3.62. The van der Waals surface area contributed by atoms with Crippen LogP contribution in [0.15, 0.2) is 46.9 Å². The lowest BCUT2D eigenvalue weighted by atomic mass is 10.2. The van der Waals surface area contributed by atoms with Gasteiger partial charge in [-0.2, -0.15) is 0 Å². The van der Waals surface area contributed by atoms with Crippen molar-refractivity contribution in [1.82, 2.24) is 0 Å². The van der Waals surface area contributed by atoms with E-state index in [1.54, 1.807) is 25.1 Å². The fourth-order valence-electron chi connectivity index (χ4n) is 1.84. The number of aldehydes is 1. The van der Waals surface area contributed by atoms with Gasteiger partial charge in [0.1, 0.15) is 5.75 Å². The molecule has 114 valence electrons. The maximum Gasteiger partial charge on any atom is 0.265 e. The minimum absolute atomic E-state index is 0.274. The monoisotopic (exact) mass is 361 g/mol. The van der Waals surface area contributed by atoms with E-state index in [4.69, 9.17) is 4.74 Å². The molecule has 2 aromatic carbocycles. The fraction of sp³-hybridized carbons (Fsp3) is 0.176. The highest BCUT2D eigenvalue weighted by molar-refractivity contribution is 9.10. The quantitative estimate of drug-likeness (QED) is 0.819. The molecule has 1 atom stereocenters. The Morgan fingerprint density at radius 1 is 1.23 bits per heavy atom. The van der Waals surface area contributed by atoms with Crippen molar-refractivity contribution in [2.45, 2.75) is 20.0 Å². The second-order valence-corrected chi connectivity index (χ2v) is 5.83. The molecule has 2 rings (SSSR count). The number of rotatable bonds is 5. The van der Waals surface area contributed by atoms with Crippen LogP contribution in [0.25, 0.3) is 0 Å². The summed E-state index contributed by atoms with van der Waals surface area (Å²) in [6.07, 6.45) is -0.0220. The summed E-state index contributed by atoms with van der Waals surface area (Å²) in [5, 5.41) is 2.78. The number of aryl methyl sites for hydroxylation is 1. The van der Waals surface area contributed by atoms with Gasteiger partial charge in [0, 0.05) is 10.2 Å². The summed E-state index contributed by atoms with van der Waals surface area (Å²) < 4.78 is 6.36. The van der Waals surface area contributed by atoms with E-state index < -0.39 is 6.10 Å². The standard InChI is InChI=1S/C17H16BrNO3/c1-11-3-6-15(7-4-11)19-17(21)12(2)22-16-8-5-14(18)9-13(16)10-20/h3-10,12H,1-2H3,(H,19,21)/t12-/m0/s1. The van der Waals surface area contributed by atoms with Crippen LogP contribution in [0.2, 0.25) is 0 Å². The summed E-state index contributed by atoms with van der Waals surface area (Å²) in [4.78, 5) is 23.2. The van der Waals surface area contributed by atoms with Crippen LogP contribution < -0.4 is 10.1 Å². The lowest BCUT2D eigenvalue weighted by Gasteiger charge is -2.16. The van der Waals surface area contributed by atoms with E-state index in [1.165, 1.54) is 0 Å². The number of amides is 1. The highest BCUT2D eigenvalue weighted by atomic mass is 79.9. The molecule has 0 heterocycles. The number of hydrogen-bond acceptors (Lipinski definition) is 3. The topological polar surface area (TPSA) is 55.4 Å². The molecule has 1 N–H and O–H groups in total. The first kappa shape index (κ1) is 16.2. The normalized spacial score (nSPS) is 11.6. The first-order valence-electron chi connectivity index (χ1n) is 6.78. The van der Waals surface area contributed by atoms with E-state index in [-0.39, 0.29) is 5.91 Å². The van der Waals surface area contributed by atoms with Crippen molar-refractivity contribution in [2.75, 3.05) is 5.32 Å². The Bertz CT molecular complexity index is 683. The first-order valence-corrected chi connectivity index (χ1v) is 7.58. The Labute approximate surface area is 137 Å². The molecule has 0 aliphatic heterocycles. The predicted octanol–water partition coefficient (Wildman–Crippen LogP) is 3.98. The average molecular weight is 362 g/mol. The van der Waals surface area contributed by atoms with Crippen LogP contribution in [0.4, 0.5) is 5.69 Å². The number of carbonyl (C=O) groups is 2. The molecule has 0 bridgehead atoms. The van der Waals surface area contributed by atoms with Gasteiger partial charge in [-0.25, -0.2) is 0 Å². The summed E-state index contributed by atoms with van der Waals surface area (Å²) in [7, 11) is 0. The molecule has 0 spiro atoms. The smallest absolute Gasteiger partial charge is 0.265 e. The van der Waals surface area contributed by atoms with E-state index in [2.05, 4.69) is 21.2 Å². The van der Waals surface area contributed by atoms with Gasteiger partial charge in [0.15, 0.2) is 12.4 Å². The Kier molecular flexibility index (Phi) is 5.33. The largest absolute Gasteiger partial charge is 0.480 e. The van der Waals surface area contributed by atoms with Gasteiger partial charge in [-0.3, -0.25) is 9.59 Å². The SMILES string of the molecule is Cc1ccc(NC(=O)[C@H](C)Oc2ccc(Br)cc2C=O)cc1. The van der Waals surface area contributed by atoms with Crippen molar-refractivity contribution < 1.29 is 14.3 Å². The Hall–Kier alpha value is -2.14. The molecule has 0 aromatic heterocycles. The van der Waals surface area contributed by atoms with E-state index in [0.29, 0.717) is 23.3 Å². The molecule has 0 aliphatic rings. The number of carbonyl (C=O) groups excluding carboxylic acids is 2. The Morgan fingerprint density at radius 3 is 2.55 bits per heavy atom. The molecule has 5 heteroatoms. The second-order valence-electron chi connectivity index (χ2n) is 4.92. The van der Waals surface area contributed by atoms with Crippen LogP contribution in [0, 0.1) is 6.92 Å². The molecule has 0 aliphatic carbocycles. The molecule has 2 aromatic rings. The second kappa shape index (κ2) is 7.22. The van der Waals surface area contributed by atoms with Crippen molar-refractivity contribution in [3.8, 4) is 5.75 Å². The van der Waals surface area contributed by atoms with E-state index >= 15 is 0 Å². The summed E-state index contributed by atoms with van der Waals surface area (Å²) in [6, 6.07) is 12.6. The molecular formula is C17H16BrNO3. The molecule has 0 saturated carbocycles. The van der Waals surface area contributed by atoms with Crippen LogP contribution >= 0.6 is 15.9 Å². The van der Waals surface area contributed by atoms with Crippen LogP contribution in [0.3, 0.4) is 0 Å². The molecule has 0 fully saturated rings. The third-order valence-electron chi connectivity index (χ3n) is 3.09. The van der Waals surface area contributed by atoms with Crippen LogP contribution in [0.1, 0.15) is 22.8 Å². The molecule has 4 nitrogen and oxygen atoms in total. The zero-order valence-corrected chi connectivity index (χ0v) is 13.9. The number of anilines is 1. The van der Waals surface area contributed by atoms with Gasteiger partial charge in [0.2, 0.25) is 0 Å². The van der Waals surface area contributed by atoms with Gasteiger partial charge in [-0.1, -0.05) is 33.6 Å². The number of nitrogens with one attached hydrogen (secondary N) is 1. The van der Waals surface area contributed by atoms with Crippen LogP contribution in [0.5, 0.6) is 5.75 Å². The van der Waals surface area contributed by atoms with Gasteiger partial charge in [-0.15, -0.1) is 0 Å². The molecule has 1 amide bonds. The van der Waals surface area contributed by atoms with Crippen LogP contribution in [-0.2, 0) is 4.79 Å². The minimum Gasteiger partial charge on any atom is -0.480 e. The van der Waals surface area contributed by atoms with Crippen molar-refractivity contribution in [2.24, 2.45) is 0 Å². The van der Waals surface area contributed by atoms with E-state index in [9.17, 15) is 9.59 Å². The van der Waals surface area contributed by atoms with Crippen molar-refractivity contribution in [3.63, 3.8) is 0 Å². The van der Waals surface area contributed by atoms with Gasteiger partial charge in [0.25, 0.3) is 5.91 Å². The fourth-order valence-corrected chi connectivity index (χ4v) is 2.22. The maximum absolute atomic E-state index is 12.1. The highest BCUT2D eigenvalue weighted by Crippen LogP contribution is 2.23. The zero-order valence-electron chi connectivity index (χ0n) is 12.3. The van der Waals surface area contributed by atoms with Gasteiger partial charge >= 0.3 is 0 Å². The van der Waals surface area contributed by atoms with Crippen molar-refractivity contribution >= 4 is 33.8 Å². The van der Waals surface area contributed by atoms with Crippen LogP contribution in [-0.4, -0.2) is 18.3 Å². The molecule has 0 radical (unpaired) electrons. The number of ether oxygens (including phenoxy) is 1. The summed E-state index contributed by atoms with van der Waals surface area (Å²) in [5.74, 6) is 0.105. The Balaban J connectivity index is 2.05. The predicted molar refractivity (Wildman–Crippen MR) is 89.4 cm³/mol. The molecule has 22 heavy (non-hydrogen) atoms. The van der Waals surface area contributed by atoms with Gasteiger partial charge < -0.3 is 10.1 Å². The van der Waals surface area contributed by atoms with E-state index in [1.807, 2.05) is 31.2 Å². The first-order chi connectivity index (χ1) is 10.5. The van der Waals surface area contributed by atoms with Gasteiger partial charge in [-0.05, 0) is 44.2 Å². The van der Waals surface area contributed by atoms with E-state index in [0.717, 1.165) is 10.0 Å². The van der Waals surface area contributed by atoms with Crippen molar-refractivity contribution in [1.29, 1.82) is 0 Å². The molecule has 0 unspecified atom stereocenters.